The second-order valence-corrected chi connectivity index (χ2v) is 7.36. The first kappa shape index (κ1) is 14.7. The van der Waals surface area contributed by atoms with Crippen molar-refractivity contribution in [2.45, 2.75) is 69.7 Å². The van der Waals surface area contributed by atoms with E-state index in [9.17, 15) is 0 Å². The summed E-state index contributed by atoms with van der Waals surface area (Å²) in [7, 11) is 0. The predicted molar refractivity (Wildman–Crippen MR) is 88.2 cm³/mol. The smallest absolute Gasteiger partial charge is 0.0720 e. The Morgan fingerprint density at radius 2 is 1.77 bits per heavy atom. The zero-order chi connectivity index (χ0) is 14.8. The number of benzene rings is 1. The first-order valence-corrected chi connectivity index (χ1v) is 9.07. The van der Waals surface area contributed by atoms with Crippen LogP contribution in [0.25, 0.3) is 0 Å². The van der Waals surface area contributed by atoms with Crippen LogP contribution >= 0.6 is 0 Å². The number of fused-ring (bicyclic) bond motifs is 1. The van der Waals surface area contributed by atoms with Crippen LogP contribution in [0.3, 0.4) is 0 Å². The van der Waals surface area contributed by atoms with Crippen LogP contribution in [0.1, 0.15) is 50.5 Å². The van der Waals surface area contributed by atoms with E-state index < -0.39 is 0 Å². The Bertz CT molecular complexity index is 472. The summed E-state index contributed by atoms with van der Waals surface area (Å²) in [6.45, 7) is 0.752. The summed E-state index contributed by atoms with van der Waals surface area (Å²) in [6.07, 6.45) is 9.83. The summed E-state index contributed by atoms with van der Waals surface area (Å²) in [6, 6.07) is 11.9. The van der Waals surface area contributed by atoms with E-state index in [1.165, 1.54) is 44.1 Å². The van der Waals surface area contributed by atoms with Crippen molar-refractivity contribution in [3.8, 4) is 0 Å². The highest BCUT2D eigenvalue weighted by molar-refractivity contribution is 5.13. The molecule has 2 N–H and O–H groups in total. The van der Waals surface area contributed by atoms with Crippen LogP contribution in [0, 0.1) is 11.8 Å². The minimum Gasteiger partial charge on any atom is -0.373 e. The molecule has 1 aromatic carbocycles. The standard InChI is InChI=1S/C19H28N2O/c1-2-6-14(7-3-1)13-22-16-10-11-17-18(12-16)20-21-19(17)15-8-4-5-9-15/h1-3,6-7,15-21H,4-5,8-13H2. The molecule has 120 valence electrons. The molecular formula is C19H28N2O. The van der Waals surface area contributed by atoms with E-state index in [1.54, 1.807) is 0 Å². The van der Waals surface area contributed by atoms with E-state index in [0.717, 1.165) is 24.9 Å². The lowest BCUT2D eigenvalue weighted by atomic mass is 9.76. The fourth-order valence-corrected chi connectivity index (χ4v) is 4.79. The quantitative estimate of drug-likeness (QED) is 0.894. The maximum Gasteiger partial charge on any atom is 0.0720 e. The molecule has 3 nitrogen and oxygen atoms in total. The normalized spacial score (nSPS) is 35.6. The lowest BCUT2D eigenvalue weighted by Crippen LogP contribution is -2.39. The Morgan fingerprint density at radius 3 is 2.59 bits per heavy atom. The molecule has 1 aliphatic heterocycles. The molecule has 3 aliphatic rings. The number of hydrazine groups is 1. The third-order valence-electron chi connectivity index (χ3n) is 5.99. The summed E-state index contributed by atoms with van der Waals surface area (Å²) < 4.78 is 6.17. The molecule has 3 fully saturated rings. The minimum absolute atomic E-state index is 0.415. The van der Waals surface area contributed by atoms with Gasteiger partial charge in [-0.3, -0.25) is 10.9 Å². The van der Waals surface area contributed by atoms with Gasteiger partial charge in [-0.05, 0) is 49.5 Å². The first-order chi connectivity index (χ1) is 10.9. The Balaban J connectivity index is 1.29. The molecule has 0 bridgehead atoms. The number of hydrogen-bond acceptors (Lipinski definition) is 3. The Kier molecular flexibility index (Phi) is 4.47. The highest BCUT2D eigenvalue weighted by Gasteiger charge is 2.43. The molecule has 22 heavy (non-hydrogen) atoms. The van der Waals surface area contributed by atoms with Gasteiger partial charge < -0.3 is 4.74 Å². The highest BCUT2D eigenvalue weighted by Crippen LogP contribution is 2.39. The third kappa shape index (κ3) is 3.08. The Labute approximate surface area is 133 Å². The van der Waals surface area contributed by atoms with Crippen molar-refractivity contribution >= 4 is 0 Å². The fraction of sp³-hybridized carbons (Fsp3) is 0.684. The highest BCUT2D eigenvalue weighted by atomic mass is 16.5. The van der Waals surface area contributed by atoms with Crippen molar-refractivity contribution in [3.05, 3.63) is 35.9 Å². The van der Waals surface area contributed by atoms with Crippen molar-refractivity contribution < 1.29 is 4.74 Å². The Morgan fingerprint density at radius 1 is 0.955 bits per heavy atom. The van der Waals surface area contributed by atoms with Crippen LogP contribution < -0.4 is 10.9 Å². The zero-order valence-electron chi connectivity index (χ0n) is 13.3. The number of nitrogens with one attached hydrogen (secondary N) is 2. The summed E-state index contributed by atoms with van der Waals surface area (Å²) in [5, 5.41) is 0. The third-order valence-corrected chi connectivity index (χ3v) is 5.99. The Hall–Kier alpha value is -0.900. The number of hydrogen-bond donors (Lipinski definition) is 2. The molecule has 3 heteroatoms. The molecule has 0 spiro atoms. The second-order valence-electron chi connectivity index (χ2n) is 7.36. The molecule has 1 heterocycles. The van der Waals surface area contributed by atoms with Crippen LogP contribution in [0.2, 0.25) is 0 Å². The number of ether oxygens (including phenoxy) is 1. The molecule has 1 saturated heterocycles. The first-order valence-electron chi connectivity index (χ1n) is 9.07. The van der Waals surface area contributed by atoms with E-state index in [4.69, 9.17) is 4.74 Å². The van der Waals surface area contributed by atoms with Gasteiger partial charge >= 0.3 is 0 Å². The van der Waals surface area contributed by atoms with Crippen LogP contribution in [0.15, 0.2) is 30.3 Å². The zero-order valence-corrected chi connectivity index (χ0v) is 13.3. The average Bonchev–Trinajstić information content (AvgIpc) is 3.22. The van der Waals surface area contributed by atoms with Gasteiger partial charge in [0.1, 0.15) is 0 Å². The van der Waals surface area contributed by atoms with E-state index in [-0.39, 0.29) is 0 Å². The average molecular weight is 300 g/mol. The van der Waals surface area contributed by atoms with Gasteiger partial charge in [-0.25, -0.2) is 0 Å². The van der Waals surface area contributed by atoms with E-state index in [0.29, 0.717) is 18.2 Å². The summed E-state index contributed by atoms with van der Waals surface area (Å²) in [5.74, 6) is 1.73. The van der Waals surface area contributed by atoms with E-state index in [1.807, 2.05) is 0 Å². The van der Waals surface area contributed by atoms with Gasteiger partial charge in [0.05, 0.1) is 12.7 Å². The van der Waals surface area contributed by atoms with Crippen molar-refractivity contribution in [3.63, 3.8) is 0 Å². The van der Waals surface area contributed by atoms with Gasteiger partial charge in [0, 0.05) is 12.1 Å². The maximum atomic E-state index is 6.17. The van der Waals surface area contributed by atoms with Gasteiger partial charge in [-0.2, -0.15) is 0 Å². The van der Waals surface area contributed by atoms with Crippen LogP contribution in [-0.4, -0.2) is 18.2 Å². The molecule has 0 radical (unpaired) electrons. The molecule has 0 aromatic heterocycles. The van der Waals surface area contributed by atoms with Gasteiger partial charge in [-0.1, -0.05) is 43.2 Å². The van der Waals surface area contributed by atoms with Gasteiger partial charge in [-0.15, -0.1) is 0 Å². The van der Waals surface area contributed by atoms with Crippen LogP contribution in [0.4, 0.5) is 0 Å². The topological polar surface area (TPSA) is 33.3 Å². The molecule has 2 aliphatic carbocycles. The largest absolute Gasteiger partial charge is 0.373 e. The molecule has 2 saturated carbocycles. The fourth-order valence-electron chi connectivity index (χ4n) is 4.79. The molecular weight excluding hydrogens is 272 g/mol. The van der Waals surface area contributed by atoms with Gasteiger partial charge in [0.15, 0.2) is 0 Å². The lowest BCUT2D eigenvalue weighted by molar-refractivity contribution is -0.000397. The van der Waals surface area contributed by atoms with Gasteiger partial charge in [0.2, 0.25) is 0 Å². The predicted octanol–water partition coefficient (Wildman–Crippen LogP) is 3.41. The van der Waals surface area contributed by atoms with E-state index >= 15 is 0 Å². The molecule has 4 unspecified atom stereocenters. The van der Waals surface area contributed by atoms with E-state index in [2.05, 4.69) is 41.2 Å². The van der Waals surface area contributed by atoms with Crippen molar-refractivity contribution in [2.75, 3.05) is 0 Å². The lowest BCUT2D eigenvalue weighted by Gasteiger charge is -2.34. The maximum absolute atomic E-state index is 6.17. The summed E-state index contributed by atoms with van der Waals surface area (Å²) in [5.41, 5.74) is 8.50. The molecule has 4 rings (SSSR count). The van der Waals surface area contributed by atoms with Crippen molar-refractivity contribution in [1.29, 1.82) is 0 Å². The van der Waals surface area contributed by atoms with Gasteiger partial charge in [0.25, 0.3) is 0 Å². The van der Waals surface area contributed by atoms with Crippen LogP contribution in [0.5, 0.6) is 0 Å². The summed E-state index contributed by atoms with van der Waals surface area (Å²) >= 11 is 0. The SMILES string of the molecule is c1ccc(COC2CCC3C(C2)NNC3C2CCCC2)cc1. The monoisotopic (exact) mass is 300 g/mol. The second kappa shape index (κ2) is 6.69. The van der Waals surface area contributed by atoms with Crippen LogP contribution in [-0.2, 0) is 11.3 Å². The molecule has 1 aromatic rings. The molecule has 0 amide bonds. The van der Waals surface area contributed by atoms with Crippen molar-refractivity contribution in [1.82, 2.24) is 10.9 Å². The van der Waals surface area contributed by atoms with Crippen molar-refractivity contribution in [2.24, 2.45) is 11.8 Å². The summed E-state index contributed by atoms with van der Waals surface area (Å²) in [4.78, 5) is 0. The minimum atomic E-state index is 0.415. The molecule has 4 atom stereocenters. The number of rotatable bonds is 4.